The second-order valence-corrected chi connectivity index (χ2v) is 6.68. The molecule has 2 aliphatic rings. The SMILES string of the molecule is O=C(O)C1CCCN(C(=O)N(Cc2ccsc2)C2CC2)C1. The number of rotatable bonds is 4. The van der Waals surface area contributed by atoms with Crippen LogP contribution < -0.4 is 0 Å². The van der Waals surface area contributed by atoms with Gasteiger partial charge in [-0.25, -0.2) is 4.79 Å². The Morgan fingerprint density at radius 3 is 2.81 bits per heavy atom. The number of carbonyl (C=O) groups is 2. The molecule has 0 radical (unpaired) electrons. The normalized spacial score (nSPS) is 22.1. The number of carbonyl (C=O) groups excluding carboxylic acids is 1. The zero-order valence-electron chi connectivity index (χ0n) is 11.9. The number of hydrogen-bond donors (Lipinski definition) is 1. The van der Waals surface area contributed by atoms with E-state index in [0.717, 1.165) is 24.8 Å². The molecule has 1 aliphatic heterocycles. The molecule has 3 rings (SSSR count). The van der Waals surface area contributed by atoms with Gasteiger partial charge in [-0.1, -0.05) is 0 Å². The minimum Gasteiger partial charge on any atom is -0.481 e. The van der Waals surface area contributed by atoms with Crippen molar-refractivity contribution in [1.29, 1.82) is 0 Å². The van der Waals surface area contributed by atoms with Gasteiger partial charge < -0.3 is 14.9 Å². The van der Waals surface area contributed by atoms with Crippen LogP contribution in [0.4, 0.5) is 4.79 Å². The molecular formula is C15H20N2O3S. The maximum Gasteiger partial charge on any atom is 0.320 e. The monoisotopic (exact) mass is 308 g/mol. The Morgan fingerprint density at radius 1 is 1.38 bits per heavy atom. The largest absolute Gasteiger partial charge is 0.481 e. The molecule has 2 fully saturated rings. The van der Waals surface area contributed by atoms with E-state index in [1.54, 1.807) is 16.2 Å². The smallest absolute Gasteiger partial charge is 0.320 e. The van der Waals surface area contributed by atoms with E-state index in [4.69, 9.17) is 5.11 Å². The van der Waals surface area contributed by atoms with E-state index in [2.05, 4.69) is 5.38 Å². The number of carboxylic acid groups (broad SMARTS) is 1. The van der Waals surface area contributed by atoms with Gasteiger partial charge in [0.1, 0.15) is 0 Å². The number of likely N-dealkylation sites (tertiary alicyclic amines) is 1. The van der Waals surface area contributed by atoms with Crippen LogP contribution in [0.2, 0.25) is 0 Å². The van der Waals surface area contributed by atoms with Crippen LogP contribution in [0.5, 0.6) is 0 Å². The summed E-state index contributed by atoms with van der Waals surface area (Å²) in [7, 11) is 0. The number of amides is 2. The van der Waals surface area contributed by atoms with Crippen molar-refractivity contribution in [3.05, 3.63) is 22.4 Å². The number of thiophene rings is 1. The molecule has 1 aromatic rings. The molecule has 1 N–H and O–H groups in total. The summed E-state index contributed by atoms with van der Waals surface area (Å²) in [4.78, 5) is 27.5. The second-order valence-electron chi connectivity index (χ2n) is 5.90. The quantitative estimate of drug-likeness (QED) is 0.930. The Labute approximate surface area is 128 Å². The van der Waals surface area contributed by atoms with Gasteiger partial charge in [0.15, 0.2) is 0 Å². The Morgan fingerprint density at radius 2 is 2.19 bits per heavy atom. The first-order valence-electron chi connectivity index (χ1n) is 7.44. The van der Waals surface area contributed by atoms with Gasteiger partial charge in [0.05, 0.1) is 5.92 Å². The van der Waals surface area contributed by atoms with Gasteiger partial charge in [-0.15, -0.1) is 0 Å². The fourth-order valence-corrected chi connectivity index (χ4v) is 3.51. The van der Waals surface area contributed by atoms with Gasteiger partial charge in [0.2, 0.25) is 0 Å². The number of hydrogen-bond acceptors (Lipinski definition) is 3. The van der Waals surface area contributed by atoms with E-state index in [0.29, 0.717) is 32.1 Å². The maximum atomic E-state index is 12.7. The fraction of sp³-hybridized carbons (Fsp3) is 0.600. The van der Waals surface area contributed by atoms with Crippen molar-refractivity contribution in [3.63, 3.8) is 0 Å². The maximum absolute atomic E-state index is 12.7. The summed E-state index contributed by atoms with van der Waals surface area (Å²) in [6, 6.07) is 2.39. The van der Waals surface area contributed by atoms with Crippen LogP contribution in [-0.2, 0) is 11.3 Å². The molecule has 21 heavy (non-hydrogen) atoms. The Bertz CT molecular complexity index is 513. The van der Waals surface area contributed by atoms with Crippen LogP contribution in [0.15, 0.2) is 16.8 Å². The molecule has 0 spiro atoms. The van der Waals surface area contributed by atoms with Gasteiger partial charge in [-0.05, 0) is 48.1 Å². The molecule has 0 aromatic carbocycles. The predicted octanol–water partition coefficient (Wildman–Crippen LogP) is 2.63. The molecule has 114 valence electrons. The molecule has 2 heterocycles. The molecule has 2 amide bonds. The number of aliphatic carboxylic acids is 1. The van der Waals surface area contributed by atoms with Crippen LogP contribution >= 0.6 is 11.3 Å². The van der Waals surface area contributed by atoms with Crippen LogP contribution in [-0.4, -0.2) is 46.0 Å². The van der Waals surface area contributed by atoms with Crippen molar-refractivity contribution in [3.8, 4) is 0 Å². The Balaban J connectivity index is 1.67. The lowest BCUT2D eigenvalue weighted by Gasteiger charge is -2.35. The van der Waals surface area contributed by atoms with Gasteiger partial charge in [0, 0.05) is 25.7 Å². The summed E-state index contributed by atoms with van der Waals surface area (Å²) in [5, 5.41) is 13.2. The molecule has 5 nitrogen and oxygen atoms in total. The number of nitrogens with zero attached hydrogens (tertiary/aromatic N) is 2. The number of piperidine rings is 1. The third kappa shape index (κ3) is 3.37. The van der Waals surface area contributed by atoms with Crippen LogP contribution in [0.25, 0.3) is 0 Å². The lowest BCUT2D eigenvalue weighted by molar-refractivity contribution is -0.143. The first-order chi connectivity index (χ1) is 10.1. The van der Waals surface area contributed by atoms with E-state index >= 15 is 0 Å². The first-order valence-corrected chi connectivity index (χ1v) is 8.39. The summed E-state index contributed by atoms with van der Waals surface area (Å²) in [6.45, 7) is 1.66. The molecule has 6 heteroatoms. The topological polar surface area (TPSA) is 60.9 Å². The van der Waals surface area contributed by atoms with Crippen molar-refractivity contribution in [2.45, 2.75) is 38.3 Å². The third-order valence-electron chi connectivity index (χ3n) is 4.21. The highest BCUT2D eigenvalue weighted by molar-refractivity contribution is 7.07. The number of urea groups is 1. The summed E-state index contributed by atoms with van der Waals surface area (Å²) >= 11 is 1.64. The van der Waals surface area contributed by atoms with Gasteiger partial charge in [-0.2, -0.15) is 11.3 Å². The average Bonchev–Trinajstić information content (AvgIpc) is 3.20. The van der Waals surface area contributed by atoms with Crippen LogP contribution in [0.3, 0.4) is 0 Å². The van der Waals surface area contributed by atoms with Crippen molar-refractivity contribution < 1.29 is 14.7 Å². The molecule has 1 aliphatic carbocycles. The Hall–Kier alpha value is -1.56. The number of carboxylic acids is 1. The fourth-order valence-electron chi connectivity index (χ4n) is 2.85. The molecule has 0 bridgehead atoms. The van der Waals surface area contributed by atoms with E-state index in [-0.39, 0.29) is 6.03 Å². The van der Waals surface area contributed by atoms with Crippen molar-refractivity contribution in [2.75, 3.05) is 13.1 Å². The van der Waals surface area contributed by atoms with Crippen LogP contribution in [0.1, 0.15) is 31.2 Å². The lowest BCUT2D eigenvalue weighted by atomic mass is 9.98. The minimum atomic E-state index is -0.789. The van der Waals surface area contributed by atoms with E-state index in [1.807, 2.05) is 16.3 Å². The zero-order valence-corrected chi connectivity index (χ0v) is 12.7. The molecule has 1 saturated heterocycles. The van der Waals surface area contributed by atoms with Crippen molar-refractivity contribution >= 4 is 23.3 Å². The highest BCUT2D eigenvalue weighted by atomic mass is 32.1. The average molecular weight is 308 g/mol. The van der Waals surface area contributed by atoms with Gasteiger partial charge >= 0.3 is 12.0 Å². The molecular weight excluding hydrogens is 288 g/mol. The Kier molecular flexibility index (Phi) is 4.14. The molecule has 1 aromatic heterocycles. The summed E-state index contributed by atoms with van der Waals surface area (Å²) in [5.41, 5.74) is 1.16. The lowest BCUT2D eigenvalue weighted by Crippen LogP contribution is -2.49. The standard InChI is InChI=1S/C15H20N2O3S/c18-14(19)12-2-1-6-16(9-12)15(20)17(13-3-4-13)8-11-5-7-21-10-11/h5,7,10,12-13H,1-4,6,8-9H2,(H,18,19). The van der Waals surface area contributed by atoms with Crippen molar-refractivity contribution in [2.24, 2.45) is 5.92 Å². The molecule has 1 unspecified atom stereocenters. The van der Waals surface area contributed by atoms with E-state index in [9.17, 15) is 9.59 Å². The first kappa shape index (κ1) is 14.4. The zero-order chi connectivity index (χ0) is 14.8. The predicted molar refractivity (Wildman–Crippen MR) is 80.2 cm³/mol. The third-order valence-corrected chi connectivity index (χ3v) is 4.94. The second kappa shape index (κ2) is 6.05. The van der Waals surface area contributed by atoms with E-state index < -0.39 is 11.9 Å². The molecule has 1 saturated carbocycles. The highest BCUT2D eigenvalue weighted by Gasteiger charge is 2.37. The van der Waals surface area contributed by atoms with Crippen molar-refractivity contribution in [1.82, 2.24) is 9.80 Å². The minimum absolute atomic E-state index is 0.00894. The van der Waals surface area contributed by atoms with E-state index in [1.165, 1.54) is 0 Å². The summed E-state index contributed by atoms with van der Waals surface area (Å²) in [5.74, 6) is -1.20. The van der Waals surface area contributed by atoms with Gasteiger partial charge in [-0.3, -0.25) is 4.79 Å². The van der Waals surface area contributed by atoms with Gasteiger partial charge in [0.25, 0.3) is 0 Å². The molecule has 1 atom stereocenters. The summed E-state index contributed by atoms with van der Waals surface area (Å²) < 4.78 is 0. The van der Waals surface area contributed by atoms with Crippen LogP contribution in [0, 0.1) is 5.92 Å². The summed E-state index contributed by atoms with van der Waals surface area (Å²) in [6.07, 6.45) is 3.57. The highest BCUT2D eigenvalue weighted by Crippen LogP contribution is 2.30.